The van der Waals surface area contributed by atoms with Crippen LogP contribution in [0, 0.1) is 11.7 Å². The number of anilines is 2. The largest absolute Gasteiger partial charge is 0.370 e. The number of carbonyl (C=O) groups excluding carboxylic acids is 1. The number of nitrogens with zero attached hydrogens (tertiary/aromatic N) is 1. The third-order valence-electron chi connectivity index (χ3n) is 3.65. The molecule has 0 aromatic heterocycles. The second kappa shape index (κ2) is 7.98. The highest BCUT2D eigenvalue weighted by molar-refractivity contribution is 5.90. The molecule has 0 aliphatic rings. The van der Waals surface area contributed by atoms with Gasteiger partial charge in [-0.2, -0.15) is 0 Å². The Hall–Kier alpha value is -1.62. The third kappa shape index (κ3) is 5.34. The molecule has 0 spiro atoms. The van der Waals surface area contributed by atoms with Gasteiger partial charge in [-0.05, 0) is 50.9 Å². The molecule has 1 amide bonds. The first-order valence-electron chi connectivity index (χ1n) is 7.37. The van der Waals surface area contributed by atoms with Crippen LogP contribution < -0.4 is 16.0 Å². The zero-order chi connectivity index (χ0) is 16.0. The molecule has 0 saturated heterocycles. The van der Waals surface area contributed by atoms with E-state index in [9.17, 15) is 9.18 Å². The number of hydrogen-bond donors (Lipinski definition) is 2. The first kappa shape index (κ1) is 17.4. The van der Waals surface area contributed by atoms with Crippen LogP contribution >= 0.6 is 0 Å². The average molecular weight is 295 g/mol. The second-order valence-electron chi connectivity index (χ2n) is 5.80. The van der Waals surface area contributed by atoms with Gasteiger partial charge in [-0.3, -0.25) is 4.79 Å². The molecular weight excluding hydrogens is 269 g/mol. The minimum Gasteiger partial charge on any atom is -0.370 e. The second-order valence-corrected chi connectivity index (χ2v) is 5.80. The van der Waals surface area contributed by atoms with Crippen molar-refractivity contribution in [2.24, 2.45) is 11.7 Å². The fraction of sp³-hybridized carbons (Fsp3) is 0.562. The molecule has 0 aliphatic carbocycles. The lowest BCUT2D eigenvalue weighted by atomic mass is 10.1. The van der Waals surface area contributed by atoms with Crippen molar-refractivity contribution in [3.8, 4) is 0 Å². The number of hydrogen-bond acceptors (Lipinski definition) is 3. The van der Waals surface area contributed by atoms with Gasteiger partial charge in [-0.15, -0.1) is 0 Å². The van der Waals surface area contributed by atoms with E-state index in [2.05, 4.69) is 5.32 Å². The summed E-state index contributed by atoms with van der Waals surface area (Å²) >= 11 is 0. The van der Waals surface area contributed by atoms with Gasteiger partial charge in [-0.1, -0.05) is 6.92 Å². The molecule has 118 valence electrons. The van der Waals surface area contributed by atoms with Crippen LogP contribution in [0.15, 0.2) is 18.2 Å². The number of nitrogens with two attached hydrogens (primary N) is 1. The molecule has 1 aromatic rings. The molecule has 0 radical (unpaired) electrons. The molecular formula is C16H26FN3O. The maximum absolute atomic E-state index is 14.1. The Labute approximate surface area is 126 Å². The van der Waals surface area contributed by atoms with E-state index in [-0.39, 0.29) is 17.8 Å². The summed E-state index contributed by atoms with van der Waals surface area (Å²) in [5.41, 5.74) is 6.53. The summed E-state index contributed by atoms with van der Waals surface area (Å²) in [7, 11) is 1.84. The predicted molar refractivity (Wildman–Crippen MR) is 86.0 cm³/mol. The lowest BCUT2D eigenvalue weighted by Crippen LogP contribution is -2.26. The average Bonchev–Trinajstić information content (AvgIpc) is 2.44. The smallest absolute Gasteiger partial charge is 0.224 e. The van der Waals surface area contributed by atoms with Crippen molar-refractivity contribution in [1.82, 2.24) is 0 Å². The van der Waals surface area contributed by atoms with E-state index in [0.29, 0.717) is 30.3 Å². The van der Waals surface area contributed by atoms with E-state index in [4.69, 9.17) is 5.73 Å². The summed E-state index contributed by atoms with van der Waals surface area (Å²) in [6, 6.07) is 4.98. The minimum atomic E-state index is -0.334. The molecule has 5 heteroatoms. The van der Waals surface area contributed by atoms with Crippen molar-refractivity contribution in [3.63, 3.8) is 0 Å². The number of amides is 1. The highest BCUT2D eigenvalue weighted by Crippen LogP contribution is 2.23. The van der Waals surface area contributed by atoms with Gasteiger partial charge in [0.15, 0.2) is 0 Å². The standard InChI is InChI=1S/C16H26FN3O/c1-11(2)20(4)15-7-6-13(9-14(15)17)19-16(21)8-5-12(3)10-18/h6-7,9,11-12H,5,8,10,18H2,1-4H3,(H,19,21). The molecule has 0 heterocycles. The number of benzene rings is 1. The molecule has 21 heavy (non-hydrogen) atoms. The number of rotatable bonds is 7. The molecule has 1 atom stereocenters. The normalized spacial score (nSPS) is 12.3. The summed E-state index contributed by atoms with van der Waals surface area (Å²) in [5.74, 6) is -0.131. The zero-order valence-corrected chi connectivity index (χ0v) is 13.3. The summed E-state index contributed by atoms with van der Waals surface area (Å²) in [4.78, 5) is 13.6. The van der Waals surface area contributed by atoms with E-state index in [0.717, 1.165) is 6.42 Å². The molecule has 1 aromatic carbocycles. The van der Waals surface area contributed by atoms with Crippen LogP contribution in [0.4, 0.5) is 15.8 Å². The fourth-order valence-corrected chi connectivity index (χ4v) is 1.87. The molecule has 4 nitrogen and oxygen atoms in total. The topological polar surface area (TPSA) is 58.4 Å². The lowest BCUT2D eigenvalue weighted by Gasteiger charge is -2.24. The Morgan fingerprint density at radius 3 is 2.57 bits per heavy atom. The highest BCUT2D eigenvalue weighted by Gasteiger charge is 2.12. The summed E-state index contributed by atoms with van der Waals surface area (Å²) in [6.45, 7) is 6.56. The summed E-state index contributed by atoms with van der Waals surface area (Å²) < 4.78 is 14.1. The highest BCUT2D eigenvalue weighted by atomic mass is 19.1. The van der Waals surface area contributed by atoms with Crippen LogP contribution in [0.2, 0.25) is 0 Å². The molecule has 0 aliphatic heterocycles. The van der Waals surface area contributed by atoms with Crippen LogP contribution in [0.5, 0.6) is 0 Å². The van der Waals surface area contributed by atoms with Crippen molar-refractivity contribution >= 4 is 17.3 Å². The van der Waals surface area contributed by atoms with Gasteiger partial charge in [0.05, 0.1) is 5.69 Å². The van der Waals surface area contributed by atoms with Gasteiger partial charge in [0, 0.05) is 25.2 Å². The van der Waals surface area contributed by atoms with Gasteiger partial charge in [0.25, 0.3) is 0 Å². The minimum absolute atomic E-state index is 0.111. The Morgan fingerprint density at radius 2 is 2.05 bits per heavy atom. The first-order chi connectivity index (χ1) is 9.85. The van der Waals surface area contributed by atoms with Gasteiger partial charge < -0.3 is 16.0 Å². The van der Waals surface area contributed by atoms with Crippen molar-refractivity contribution in [1.29, 1.82) is 0 Å². The van der Waals surface area contributed by atoms with Crippen molar-refractivity contribution < 1.29 is 9.18 Å². The Kier molecular flexibility index (Phi) is 6.62. The van der Waals surface area contributed by atoms with E-state index < -0.39 is 0 Å². The number of halogens is 1. The summed E-state index contributed by atoms with van der Waals surface area (Å²) in [6.07, 6.45) is 1.13. The molecule has 3 N–H and O–H groups in total. The van der Waals surface area contributed by atoms with Crippen LogP contribution in [0.3, 0.4) is 0 Å². The SMILES string of the molecule is CC(CN)CCC(=O)Nc1ccc(N(C)C(C)C)c(F)c1. The van der Waals surface area contributed by atoms with E-state index in [1.54, 1.807) is 12.1 Å². The van der Waals surface area contributed by atoms with Gasteiger partial charge >= 0.3 is 0 Å². The van der Waals surface area contributed by atoms with Crippen molar-refractivity contribution in [2.75, 3.05) is 23.8 Å². The van der Waals surface area contributed by atoms with E-state index >= 15 is 0 Å². The number of nitrogens with one attached hydrogen (secondary N) is 1. The van der Waals surface area contributed by atoms with Crippen LogP contribution in [0.25, 0.3) is 0 Å². The van der Waals surface area contributed by atoms with Crippen LogP contribution in [0.1, 0.15) is 33.6 Å². The molecule has 1 rings (SSSR count). The van der Waals surface area contributed by atoms with Crippen LogP contribution in [-0.4, -0.2) is 25.5 Å². The molecule has 0 saturated carbocycles. The van der Waals surface area contributed by atoms with E-state index in [1.807, 2.05) is 32.7 Å². The maximum atomic E-state index is 14.1. The van der Waals surface area contributed by atoms with Crippen molar-refractivity contribution in [3.05, 3.63) is 24.0 Å². The van der Waals surface area contributed by atoms with Crippen LogP contribution in [-0.2, 0) is 4.79 Å². The maximum Gasteiger partial charge on any atom is 0.224 e. The Morgan fingerprint density at radius 1 is 1.38 bits per heavy atom. The molecule has 1 unspecified atom stereocenters. The van der Waals surface area contributed by atoms with Gasteiger partial charge in [0.1, 0.15) is 5.82 Å². The molecule has 0 bridgehead atoms. The Balaban J connectivity index is 2.65. The lowest BCUT2D eigenvalue weighted by molar-refractivity contribution is -0.116. The fourth-order valence-electron chi connectivity index (χ4n) is 1.87. The van der Waals surface area contributed by atoms with Crippen molar-refractivity contribution in [2.45, 2.75) is 39.7 Å². The predicted octanol–water partition coefficient (Wildman–Crippen LogP) is 2.98. The third-order valence-corrected chi connectivity index (χ3v) is 3.65. The monoisotopic (exact) mass is 295 g/mol. The zero-order valence-electron chi connectivity index (χ0n) is 13.3. The summed E-state index contributed by atoms with van der Waals surface area (Å²) in [5, 5.41) is 2.72. The van der Waals surface area contributed by atoms with Gasteiger partial charge in [0.2, 0.25) is 5.91 Å². The number of carbonyl (C=O) groups is 1. The van der Waals surface area contributed by atoms with Gasteiger partial charge in [-0.25, -0.2) is 4.39 Å². The quantitative estimate of drug-likeness (QED) is 0.813. The van der Waals surface area contributed by atoms with E-state index in [1.165, 1.54) is 6.07 Å². The molecule has 0 fully saturated rings. The first-order valence-corrected chi connectivity index (χ1v) is 7.37. The Bertz CT molecular complexity index is 477.